The Morgan fingerprint density at radius 1 is 1.19 bits per heavy atom. The molecule has 0 aliphatic heterocycles. The lowest BCUT2D eigenvalue weighted by Crippen LogP contribution is -2.17. The van der Waals surface area contributed by atoms with Crippen LogP contribution < -0.4 is 0 Å². The molecule has 0 aromatic rings. The van der Waals surface area contributed by atoms with Gasteiger partial charge in [0, 0.05) is 14.2 Å². The number of esters is 1. The zero-order chi connectivity index (χ0) is 13.0. The zero-order valence-electron chi connectivity index (χ0n) is 10.2. The summed E-state index contributed by atoms with van der Waals surface area (Å²) in [5.74, 6) is -1.20. The van der Waals surface area contributed by atoms with Crippen molar-refractivity contribution < 1.29 is 28.9 Å². The maximum absolute atomic E-state index is 10.6. The third kappa shape index (κ3) is 12.9. The number of carboxylic acid groups (broad SMARTS) is 1. The molecule has 0 fully saturated rings. The molecule has 16 heavy (non-hydrogen) atoms. The number of hydrogen-bond donors (Lipinski definition) is 1. The molecule has 0 saturated carbocycles. The van der Waals surface area contributed by atoms with E-state index in [0.29, 0.717) is 13.2 Å². The van der Waals surface area contributed by atoms with Crippen LogP contribution >= 0.6 is 0 Å². The van der Waals surface area contributed by atoms with E-state index in [1.165, 1.54) is 14.2 Å². The minimum Gasteiger partial charge on any atom is -0.481 e. The Kier molecular flexibility index (Phi) is 12.9. The van der Waals surface area contributed by atoms with Crippen molar-refractivity contribution in [2.75, 3.05) is 34.5 Å². The average molecular weight is 236 g/mol. The van der Waals surface area contributed by atoms with Crippen LogP contribution in [0.25, 0.3) is 0 Å². The van der Waals surface area contributed by atoms with E-state index in [1.807, 2.05) is 0 Å². The van der Waals surface area contributed by atoms with E-state index in [2.05, 4.69) is 9.47 Å². The number of hydrogen-bond acceptors (Lipinski definition) is 5. The Labute approximate surface area is 95.5 Å². The molecule has 6 heteroatoms. The van der Waals surface area contributed by atoms with Crippen LogP contribution in [0.5, 0.6) is 0 Å². The lowest BCUT2D eigenvalue weighted by molar-refractivity contribution is -0.146. The normalized spacial score (nSPS) is 11.0. The first-order valence-electron chi connectivity index (χ1n) is 4.77. The summed E-state index contributed by atoms with van der Waals surface area (Å²) in [4.78, 5) is 20.3. The number of rotatable bonds is 6. The Hall–Kier alpha value is -1.14. The number of aliphatic carboxylic acids is 1. The molecule has 0 amide bonds. The van der Waals surface area contributed by atoms with Gasteiger partial charge in [-0.3, -0.25) is 9.59 Å². The van der Waals surface area contributed by atoms with Gasteiger partial charge in [-0.25, -0.2) is 0 Å². The van der Waals surface area contributed by atoms with Gasteiger partial charge in [0.05, 0.1) is 32.7 Å². The molecule has 0 radical (unpaired) electrons. The van der Waals surface area contributed by atoms with Gasteiger partial charge in [0.25, 0.3) is 0 Å². The van der Waals surface area contributed by atoms with E-state index in [9.17, 15) is 9.59 Å². The maximum atomic E-state index is 10.6. The van der Waals surface area contributed by atoms with Crippen LogP contribution in [0.3, 0.4) is 0 Å². The molecule has 96 valence electrons. The molecule has 6 nitrogen and oxygen atoms in total. The number of carbonyl (C=O) groups is 2. The first-order valence-corrected chi connectivity index (χ1v) is 4.77. The number of carboxylic acids is 1. The molecular formula is C10H20O6. The van der Waals surface area contributed by atoms with E-state index in [1.54, 1.807) is 14.0 Å². The summed E-state index contributed by atoms with van der Waals surface area (Å²) < 4.78 is 13.6. The summed E-state index contributed by atoms with van der Waals surface area (Å²) in [7, 11) is 4.40. The largest absolute Gasteiger partial charge is 0.481 e. The highest BCUT2D eigenvalue weighted by atomic mass is 16.5. The fourth-order valence-corrected chi connectivity index (χ4v) is 0.709. The Morgan fingerprint density at radius 3 is 2.00 bits per heavy atom. The first-order chi connectivity index (χ1) is 7.49. The molecule has 0 rings (SSSR count). The highest BCUT2D eigenvalue weighted by Crippen LogP contribution is 1.96. The van der Waals surface area contributed by atoms with Gasteiger partial charge in [0.1, 0.15) is 0 Å². The summed E-state index contributed by atoms with van der Waals surface area (Å²) in [5, 5.41) is 7.96. The molecule has 1 atom stereocenters. The first kappa shape index (κ1) is 17.3. The van der Waals surface area contributed by atoms with Crippen molar-refractivity contribution in [3.63, 3.8) is 0 Å². The van der Waals surface area contributed by atoms with E-state index >= 15 is 0 Å². The van der Waals surface area contributed by atoms with Gasteiger partial charge in [-0.1, -0.05) is 0 Å². The molecule has 0 spiro atoms. The van der Waals surface area contributed by atoms with Crippen LogP contribution in [0.4, 0.5) is 0 Å². The van der Waals surface area contributed by atoms with Gasteiger partial charge >= 0.3 is 11.9 Å². The second kappa shape index (κ2) is 11.9. The van der Waals surface area contributed by atoms with Crippen LogP contribution in [0, 0.1) is 5.92 Å². The number of methoxy groups -OCH3 is 3. The third-order valence-electron chi connectivity index (χ3n) is 1.54. The SMILES string of the molecule is COCC(C)C(=O)OC.COCCC(=O)O. The fourth-order valence-electron chi connectivity index (χ4n) is 0.709. The fraction of sp³-hybridized carbons (Fsp3) is 0.800. The highest BCUT2D eigenvalue weighted by Gasteiger charge is 2.11. The lowest BCUT2D eigenvalue weighted by Gasteiger charge is -2.05. The summed E-state index contributed by atoms with van der Waals surface area (Å²) in [6.07, 6.45) is 0.0938. The van der Waals surface area contributed by atoms with Crippen molar-refractivity contribution >= 4 is 11.9 Å². The second-order valence-corrected chi connectivity index (χ2v) is 3.02. The molecule has 1 unspecified atom stereocenters. The smallest absolute Gasteiger partial charge is 0.310 e. The molecule has 0 aliphatic carbocycles. The van der Waals surface area contributed by atoms with Crippen molar-refractivity contribution in [1.82, 2.24) is 0 Å². The molecule has 0 saturated heterocycles. The van der Waals surface area contributed by atoms with Gasteiger partial charge in [-0.2, -0.15) is 0 Å². The minimum atomic E-state index is -0.818. The Bertz CT molecular complexity index is 192. The predicted molar refractivity (Wildman–Crippen MR) is 57.2 cm³/mol. The Morgan fingerprint density at radius 2 is 1.75 bits per heavy atom. The van der Waals surface area contributed by atoms with Crippen LogP contribution in [0.2, 0.25) is 0 Å². The third-order valence-corrected chi connectivity index (χ3v) is 1.54. The van der Waals surface area contributed by atoms with E-state index in [-0.39, 0.29) is 18.3 Å². The molecule has 0 heterocycles. The van der Waals surface area contributed by atoms with Crippen molar-refractivity contribution in [1.29, 1.82) is 0 Å². The molecule has 0 aromatic heterocycles. The molecule has 0 aromatic carbocycles. The quantitative estimate of drug-likeness (QED) is 0.678. The van der Waals surface area contributed by atoms with Crippen molar-refractivity contribution in [2.24, 2.45) is 5.92 Å². The molecule has 0 bridgehead atoms. The number of carbonyl (C=O) groups excluding carboxylic acids is 1. The maximum Gasteiger partial charge on any atom is 0.310 e. The second-order valence-electron chi connectivity index (χ2n) is 3.02. The average Bonchev–Trinajstić information content (AvgIpc) is 2.26. The summed E-state index contributed by atoms with van der Waals surface area (Å²) >= 11 is 0. The lowest BCUT2D eigenvalue weighted by atomic mass is 10.2. The van der Waals surface area contributed by atoms with Crippen LogP contribution in [-0.4, -0.2) is 51.6 Å². The van der Waals surface area contributed by atoms with E-state index in [4.69, 9.17) is 9.84 Å². The molecule has 0 aliphatic rings. The van der Waals surface area contributed by atoms with Crippen LogP contribution in [0.1, 0.15) is 13.3 Å². The zero-order valence-corrected chi connectivity index (χ0v) is 10.2. The summed E-state index contributed by atoms with van der Waals surface area (Å²) in [6, 6.07) is 0. The van der Waals surface area contributed by atoms with Gasteiger partial charge in [-0.15, -0.1) is 0 Å². The summed E-state index contributed by atoms with van der Waals surface area (Å²) in [6.45, 7) is 2.48. The standard InChI is InChI=1S/C6H12O3.C4H8O3/c1-5(4-8-2)6(7)9-3;1-7-3-2-4(5)6/h5H,4H2,1-3H3;2-3H2,1H3,(H,5,6). The monoisotopic (exact) mass is 236 g/mol. The summed E-state index contributed by atoms with van der Waals surface area (Å²) in [5.41, 5.74) is 0. The van der Waals surface area contributed by atoms with Gasteiger partial charge in [-0.05, 0) is 6.92 Å². The Balaban J connectivity index is 0. The van der Waals surface area contributed by atoms with Gasteiger partial charge in [0.2, 0.25) is 0 Å². The van der Waals surface area contributed by atoms with Crippen molar-refractivity contribution in [2.45, 2.75) is 13.3 Å². The van der Waals surface area contributed by atoms with Gasteiger partial charge in [0.15, 0.2) is 0 Å². The molecular weight excluding hydrogens is 216 g/mol. The van der Waals surface area contributed by atoms with Crippen molar-refractivity contribution in [3.8, 4) is 0 Å². The van der Waals surface area contributed by atoms with Crippen LogP contribution in [0.15, 0.2) is 0 Å². The van der Waals surface area contributed by atoms with E-state index in [0.717, 1.165) is 0 Å². The van der Waals surface area contributed by atoms with Gasteiger partial charge < -0.3 is 19.3 Å². The number of ether oxygens (including phenoxy) is 3. The molecule has 1 N–H and O–H groups in total. The van der Waals surface area contributed by atoms with Crippen LogP contribution in [-0.2, 0) is 23.8 Å². The van der Waals surface area contributed by atoms with Crippen molar-refractivity contribution in [3.05, 3.63) is 0 Å². The highest BCUT2D eigenvalue weighted by molar-refractivity contribution is 5.71. The predicted octanol–water partition coefficient (Wildman–Crippen LogP) is 0.549. The minimum absolute atomic E-state index is 0.0938. The topological polar surface area (TPSA) is 82.1 Å². The van der Waals surface area contributed by atoms with E-state index < -0.39 is 5.97 Å².